The van der Waals surface area contributed by atoms with Crippen molar-refractivity contribution in [2.24, 2.45) is 0 Å². The third kappa shape index (κ3) is 7.19. The topological polar surface area (TPSA) is 76.7 Å². The molecule has 0 aliphatic rings. The average molecular weight is 418 g/mol. The number of nitrogens with one attached hydrogen (secondary N) is 2. The van der Waals surface area contributed by atoms with Gasteiger partial charge in [-0.15, -0.1) is 0 Å². The summed E-state index contributed by atoms with van der Waals surface area (Å²) in [5.74, 6) is 0.141. The molecule has 2 N–H and O–H groups in total. The lowest BCUT2D eigenvalue weighted by Crippen LogP contribution is -2.21. The van der Waals surface area contributed by atoms with Gasteiger partial charge in [-0.05, 0) is 54.8 Å². The number of methoxy groups -OCH3 is 1. The molecule has 0 saturated heterocycles. The predicted octanol–water partition coefficient (Wildman–Crippen LogP) is 4.54. The minimum atomic E-state index is -0.397. The summed E-state index contributed by atoms with van der Waals surface area (Å²) in [6, 6.07) is 24.4. The van der Waals surface area contributed by atoms with Crippen molar-refractivity contribution < 1.29 is 19.1 Å². The Morgan fingerprint density at radius 2 is 1.65 bits per heavy atom. The van der Waals surface area contributed by atoms with E-state index in [9.17, 15) is 9.59 Å². The Labute approximate surface area is 182 Å². The number of carbonyl (C=O) groups is 2. The molecule has 0 aliphatic carbocycles. The number of amides is 1. The van der Waals surface area contributed by atoms with Crippen molar-refractivity contribution >= 4 is 23.3 Å². The Hall–Kier alpha value is -3.80. The van der Waals surface area contributed by atoms with Crippen molar-refractivity contribution in [3.8, 4) is 5.75 Å². The van der Waals surface area contributed by atoms with Crippen molar-refractivity contribution in [1.29, 1.82) is 0 Å². The van der Waals surface area contributed by atoms with Crippen molar-refractivity contribution in [2.45, 2.75) is 12.8 Å². The maximum absolute atomic E-state index is 12.2. The molecule has 1 amide bonds. The number of aryl methyl sites for hydroxylation is 1. The van der Waals surface area contributed by atoms with Gasteiger partial charge in [0.15, 0.2) is 0 Å². The first-order chi connectivity index (χ1) is 15.1. The minimum absolute atomic E-state index is 0.0970. The number of hydrogen-bond acceptors (Lipinski definition) is 5. The Kier molecular flexibility index (Phi) is 8.05. The molecule has 6 nitrogen and oxygen atoms in total. The van der Waals surface area contributed by atoms with Crippen LogP contribution >= 0.6 is 0 Å². The molecule has 0 spiro atoms. The predicted molar refractivity (Wildman–Crippen MR) is 122 cm³/mol. The number of ether oxygens (including phenoxy) is 2. The lowest BCUT2D eigenvalue weighted by Gasteiger charge is -2.10. The van der Waals surface area contributed by atoms with Gasteiger partial charge in [0.05, 0.1) is 25.8 Å². The molecular formula is C25H26N2O4. The molecule has 31 heavy (non-hydrogen) atoms. The van der Waals surface area contributed by atoms with E-state index in [-0.39, 0.29) is 12.5 Å². The fraction of sp³-hybridized carbons (Fsp3) is 0.200. The Morgan fingerprint density at radius 1 is 0.871 bits per heavy atom. The largest absolute Gasteiger partial charge is 0.494 e. The highest BCUT2D eigenvalue weighted by molar-refractivity contribution is 5.94. The van der Waals surface area contributed by atoms with Crippen molar-refractivity contribution in [1.82, 2.24) is 0 Å². The van der Waals surface area contributed by atoms with Crippen LogP contribution in [0.1, 0.15) is 22.3 Å². The second-order valence-electron chi connectivity index (χ2n) is 6.94. The minimum Gasteiger partial charge on any atom is -0.494 e. The van der Waals surface area contributed by atoms with Gasteiger partial charge in [0.1, 0.15) is 5.75 Å². The molecule has 3 rings (SSSR count). The molecule has 0 aromatic heterocycles. The number of hydrogen-bond donors (Lipinski definition) is 2. The number of benzene rings is 3. The maximum Gasteiger partial charge on any atom is 0.337 e. The van der Waals surface area contributed by atoms with Gasteiger partial charge in [-0.1, -0.05) is 36.4 Å². The summed E-state index contributed by atoms with van der Waals surface area (Å²) < 4.78 is 10.5. The molecule has 0 unspecified atom stereocenters. The average Bonchev–Trinajstić information content (AvgIpc) is 2.81. The first-order valence-electron chi connectivity index (χ1n) is 10.1. The molecule has 3 aromatic rings. The second-order valence-corrected chi connectivity index (χ2v) is 6.94. The molecule has 6 heteroatoms. The van der Waals surface area contributed by atoms with E-state index in [0.717, 1.165) is 24.3 Å². The van der Waals surface area contributed by atoms with Gasteiger partial charge in [0.25, 0.3) is 0 Å². The summed E-state index contributed by atoms with van der Waals surface area (Å²) >= 11 is 0. The summed E-state index contributed by atoms with van der Waals surface area (Å²) in [7, 11) is 1.34. The normalized spacial score (nSPS) is 10.2. The molecule has 0 heterocycles. The van der Waals surface area contributed by atoms with E-state index < -0.39 is 5.97 Å². The summed E-state index contributed by atoms with van der Waals surface area (Å²) in [6.07, 6.45) is 1.88. The van der Waals surface area contributed by atoms with Gasteiger partial charge in [-0.25, -0.2) is 4.79 Å². The lowest BCUT2D eigenvalue weighted by atomic mass is 10.1. The van der Waals surface area contributed by atoms with Gasteiger partial charge in [0, 0.05) is 17.4 Å². The highest BCUT2D eigenvalue weighted by atomic mass is 16.5. The van der Waals surface area contributed by atoms with E-state index in [0.29, 0.717) is 17.9 Å². The van der Waals surface area contributed by atoms with Crippen LogP contribution in [0.3, 0.4) is 0 Å². The third-order valence-electron chi connectivity index (χ3n) is 4.60. The lowest BCUT2D eigenvalue weighted by molar-refractivity contribution is -0.114. The van der Waals surface area contributed by atoms with E-state index in [2.05, 4.69) is 27.5 Å². The van der Waals surface area contributed by atoms with E-state index in [1.165, 1.54) is 12.7 Å². The molecule has 160 valence electrons. The standard InChI is InChI=1S/C25H26N2O4/c1-30-25(29)20-12-14-21(15-13-20)26-18-24(28)27-22-10-5-11-23(17-22)31-16-6-9-19-7-3-2-4-8-19/h2-5,7-8,10-15,17,26H,6,9,16,18H2,1H3,(H,27,28). The molecule has 0 bridgehead atoms. The van der Waals surface area contributed by atoms with Gasteiger partial charge >= 0.3 is 5.97 Å². The summed E-state index contributed by atoms with van der Waals surface area (Å²) in [5, 5.41) is 5.88. The van der Waals surface area contributed by atoms with Crippen molar-refractivity contribution in [2.75, 3.05) is 30.9 Å². The fourth-order valence-corrected chi connectivity index (χ4v) is 3.00. The first-order valence-corrected chi connectivity index (χ1v) is 10.1. The molecule has 0 fully saturated rings. The van der Waals surface area contributed by atoms with Crippen LogP contribution < -0.4 is 15.4 Å². The van der Waals surface area contributed by atoms with E-state index >= 15 is 0 Å². The quantitative estimate of drug-likeness (QED) is 0.374. The van der Waals surface area contributed by atoms with Crippen LogP contribution in [0.2, 0.25) is 0 Å². The smallest absolute Gasteiger partial charge is 0.337 e. The molecule has 0 atom stereocenters. The van der Waals surface area contributed by atoms with Crippen LogP contribution in [0.4, 0.5) is 11.4 Å². The molecule has 3 aromatic carbocycles. The Balaban J connectivity index is 1.42. The van der Waals surface area contributed by atoms with Gasteiger partial charge in [-0.3, -0.25) is 4.79 Å². The van der Waals surface area contributed by atoms with Crippen LogP contribution in [-0.4, -0.2) is 32.1 Å². The monoisotopic (exact) mass is 418 g/mol. The van der Waals surface area contributed by atoms with Crippen LogP contribution in [0, 0.1) is 0 Å². The molecule has 0 radical (unpaired) electrons. The van der Waals surface area contributed by atoms with Gasteiger partial charge in [-0.2, -0.15) is 0 Å². The summed E-state index contributed by atoms with van der Waals surface area (Å²) in [4.78, 5) is 23.7. The second kappa shape index (κ2) is 11.4. The summed E-state index contributed by atoms with van der Waals surface area (Å²) in [5.41, 5.74) is 3.16. The number of anilines is 2. The van der Waals surface area contributed by atoms with E-state index in [1.54, 1.807) is 24.3 Å². The van der Waals surface area contributed by atoms with E-state index in [1.807, 2.05) is 42.5 Å². The van der Waals surface area contributed by atoms with Gasteiger partial charge in [0.2, 0.25) is 5.91 Å². The third-order valence-corrected chi connectivity index (χ3v) is 4.60. The SMILES string of the molecule is COC(=O)c1ccc(NCC(=O)Nc2cccc(OCCCc3ccccc3)c2)cc1. The fourth-order valence-electron chi connectivity index (χ4n) is 3.00. The Bertz CT molecular complexity index is 988. The highest BCUT2D eigenvalue weighted by Gasteiger charge is 2.06. The number of carbonyl (C=O) groups excluding carboxylic acids is 2. The van der Waals surface area contributed by atoms with Crippen LogP contribution in [-0.2, 0) is 16.0 Å². The van der Waals surface area contributed by atoms with E-state index in [4.69, 9.17) is 4.74 Å². The van der Waals surface area contributed by atoms with Crippen LogP contribution in [0.5, 0.6) is 5.75 Å². The molecule has 0 saturated carbocycles. The molecular weight excluding hydrogens is 392 g/mol. The van der Waals surface area contributed by atoms with Crippen LogP contribution in [0.15, 0.2) is 78.9 Å². The van der Waals surface area contributed by atoms with Crippen LogP contribution in [0.25, 0.3) is 0 Å². The number of esters is 1. The van der Waals surface area contributed by atoms with Crippen molar-refractivity contribution in [3.05, 3.63) is 90.0 Å². The van der Waals surface area contributed by atoms with Gasteiger partial charge < -0.3 is 20.1 Å². The number of rotatable bonds is 10. The highest BCUT2D eigenvalue weighted by Crippen LogP contribution is 2.18. The zero-order valence-electron chi connectivity index (χ0n) is 17.5. The molecule has 0 aliphatic heterocycles. The first kappa shape index (κ1) is 21.9. The van der Waals surface area contributed by atoms with Crippen molar-refractivity contribution in [3.63, 3.8) is 0 Å². The maximum atomic E-state index is 12.2. The Morgan fingerprint density at radius 3 is 2.39 bits per heavy atom. The zero-order valence-corrected chi connectivity index (χ0v) is 17.5. The zero-order chi connectivity index (χ0) is 21.9. The summed E-state index contributed by atoms with van der Waals surface area (Å²) in [6.45, 7) is 0.704.